The van der Waals surface area contributed by atoms with Crippen molar-refractivity contribution in [2.75, 3.05) is 5.32 Å². The van der Waals surface area contributed by atoms with E-state index < -0.39 is 5.95 Å². The predicted molar refractivity (Wildman–Crippen MR) is 94.9 cm³/mol. The number of anilines is 1. The Morgan fingerprint density at radius 3 is 2.56 bits per heavy atom. The van der Waals surface area contributed by atoms with E-state index >= 15 is 0 Å². The zero-order valence-corrected chi connectivity index (χ0v) is 14.2. The number of rotatable bonds is 5. The normalized spacial score (nSPS) is 10.7. The smallest absolute Gasteiger partial charge is 0.256 e. The Bertz CT molecular complexity index is 890. The Kier molecular flexibility index (Phi) is 4.88. The molecule has 2 aromatic heterocycles. The molecule has 5 nitrogen and oxygen atoms in total. The van der Waals surface area contributed by atoms with Gasteiger partial charge in [-0.3, -0.25) is 9.48 Å². The average Bonchev–Trinajstić information content (AvgIpc) is 3.06. The fourth-order valence-corrected chi connectivity index (χ4v) is 2.57. The molecule has 0 atom stereocenters. The van der Waals surface area contributed by atoms with Crippen LogP contribution in [0.1, 0.15) is 29.9 Å². The largest absolute Gasteiger partial charge is 0.306 e. The molecule has 0 spiro atoms. The summed E-state index contributed by atoms with van der Waals surface area (Å²) in [6.07, 6.45) is 0.778. The Hall–Kier alpha value is -3.02. The summed E-state index contributed by atoms with van der Waals surface area (Å²) >= 11 is 0. The summed E-state index contributed by atoms with van der Waals surface area (Å²) in [7, 11) is 0. The predicted octanol–water partition coefficient (Wildman–Crippen LogP) is 3.92. The lowest BCUT2D eigenvalue weighted by atomic mass is 10.1. The van der Waals surface area contributed by atoms with Gasteiger partial charge in [0.25, 0.3) is 5.91 Å². The number of aromatic nitrogens is 3. The van der Waals surface area contributed by atoms with Crippen LogP contribution in [0, 0.1) is 5.95 Å². The summed E-state index contributed by atoms with van der Waals surface area (Å²) in [6.45, 7) is 4.60. The minimum absolute atomic E-state index is 0.174. The van der Waals surface area contributed by atoms with Crippen molar-refractivity contribution in [2.24, 2.45) is 0 Å². The first-order chi connectivity index (χ1) is 12.1. The van der Waals surface area contributed by atoms with Crippen LogP contribution >= 0.6 is 0 Å². The Balaban J connectivity index is 1.86. The molecule has 0 aliphatic heterocycles. The number of carbonyl (C=O) groups excluding carboxylic acids is 1. The lowest BCUT2D eigenvalue weighted by Gasteiger charge is -2.08. The Labute approximate surface area is 145 Å². The molecule has 0 saturated heterocycles. The zero-order chi connectivity index (χ0) is 17.8. The van der Waals surface area contributed by atoms with E-state index in [4.69, 9.17) is 0 Å². The second-order valence-corrected chi connectivity index (χ2v) is 5.55. The fourth-order valence-electron chi connectivity index (χ4n) is 2.57. The first-order valence-electron chi connectivity index (χ1n) is 8.22. The summed E-state index contributed by atoms with van der Waals surface area (Å²) in [5.41, 5.74) is 2.44. The molecule has 128 valence electrons. The number of hydrogen-bond acceptors (Lipinski definition) is 3. The number of nitrogens with one attached hydrogen (secondary N) is 1. The molecular weight excluding hydrogens is 319 g/mol. The maximum absolute atomic E-state index is 14.5. The minimum atomic E-state index is -0.636. The van der Waals surface area contributed by atoms with Gasteiger partial charge in [-0.1, -0.05) is 25.1 Å². The monoisotopic (exact) mass is 338 g/mol. The first-order valence-corrected chi connectivity index (χ1v) is 8.22. The van der Waals surface area contributed by atoms with Gasteiger partial charge in [0.05, 0.1) is 17.0 Å². The zero-order valence-electron chi connectivity index (χ0n) is 14.2. The van der Waals surface area contributed by atoms with Crippen LogP contribution in [-0.2, 0) is 13.0 Å². The lowest BCUT2D eigenvalue weighted by Crippen LogP contribution is -2.13. The highest BCUT2D eigenvalue weighted by molar-refractivity contribution is 6.03. The summed E-state index contributed by atoms with van der Waals surface area (Å²) in [5.74, 6) is -0.788. The highest BCUT2D eigenvalue weighted by Crippen LogP contribution is 2.24. The number of aryl methyl sites for hydroxylation is 2. The van der Waals surface area contributed by atoms with Crippen molar-refractivity contribution in [3.63, 3.8) is 0 Å². The van der Waals surface area contributed by atoms with Crippen LogP contribution in [0.2, 0.25) is 0 Å². The second kappa shape index (κ2) is 7.25. The first kappa shape index (κ1) is 16.8. The summed E-state index contributed by atoms with van der Waals surface area (Å²) < 4.78 is 16.3. The van der Waals surface area contributed by atoms with Crippen LogP contribution in [0.5, 0.6) is 0 Å². The molecule has 0 saturated carbocycles. The van der Waals surface area contributed by atoms with Gasteiger partial charge in [0, 0.05) is 12.1 Å². The highest BCUT2D eigenvalue weighted by Gasteiger charge is 2.15. The number of pyridine rings is 1. The molecule has 6 heteroatoms. The number of halogens is 1. The maximum Gasteiger partial charge on any atom is 0.256 e. The lowest BCUT2D eigenvalue weighted by molar-refractivity contribution is 0.102. The van der Waals surface area contributed by atoms with Crippen molar-refractivity contribution < 1.29 is 9.18 Å². The number of benzene rings is 1. The van der Waals surface area contributed by atoms with Gasteiger partial charge in [0.2, 0.25) is 5.95 Å². The molecule has 3 rings (SSSR count). The summed E-state index contributed by atoms with van der Waals surface area (Å²) in [4.78, 5) is 16.0. The van der Waals surface area contributed by atoms with E-state index in [0.717, 1.165) is 12.1 Å². The molecule has 0 unspecified atom stereocenters. The molecule has 1 amide bonds. The van der Waals surface area contributed by atoms with Crippen molar-refractivity contribution in [3.8, 4) is 11.3 Å². The molecule has 1 N–H and O–H groups in total. The van der Waals surface area contributed by atoms with E-state index in [0.29, 0.717) is 23.4 Å². The number of nitrogens with zero attached hydrogens (tertiary/aromatic N) is 3. The van der Waals surface area contributed by atoms with Crippen LogP contribution in [0.3, 0.4) is 0 Å². The van der Waals surface area contributed by atoms with Gasteiger partial charge in [-0.25, -0.2) is 4.98 Å². The van der Waals surface area contributed by atoms with Gasteiger partial charge in [-0.15, -0.1) is 0 Å². The summed E-state index contributed by atoms with van der Waals surface area (Å²) in [5, 5.41) is 7.04. The van der Waals surface area contributed by atoms with E-state index in [1.165, 1.54) is 0 Å². The third-order valence-electron chi connectivity index (χ3n) is 3.89. The molecule has 3 aromatic rings. The SMILES string of the molecule is CCc1cc(-c2ccc(NC(=O)c3ccccc3)nc2F)n(CC)n1. The van der Waals surface area contributed by atoms with Gasteiger partial charge in [0.15, 0.2) is 0 Å². The number of amides is 1. The van der Waals surface area contributed by atoms with Crippen molar-refractivity contribution in [2.45, 2.75) is 26.8 Å². The standard InChI is InChI=1S/C19H19FN4O/c1-3-14-12-16(24(4-2)23-14)15-10-11-17(21-18(15)20)22-19(25)13-8-6-5-7-9-13/h5-12H,3-4H2,1-2H3,(H,21,22,25). The molecule has 0 radical (unpaired) electrons. The maximum atomic E-state index is 14.5. The molecule has 1 aromatic carbocycles. The van der Waals surface area contributed by atoms with E-state index in [9.17, 15) is 9.18 Å². The van der Waals surface area contributed by atoms with Gasteiger partial charge in [0.1, 0.15) is 5.82 Å². The van der Waals surface area contributed by atoms with Crippen LogP contribution in [-0.4, -0.2) is 20.7 Å². The van der Waals surface area contributed by atoms with Gasteiger partial charge in [-0.05, 0) is 43.7 Å². The van der Waals surface area contributed by atoms with Gasteiger partial charge < -0.3 is 5.32 Å². The molecule has 0 bridgehead atoms. The van der Waals surface area contributed by atoms with E-state index in [1.54, 1.807) is 41.1 Å². The topological polar surface area (TPSA) is 59.8 Å². The van der Waals surface area contributed by atoms with E-state index in [2.05, 4.69) is 15.4 Å². The second-order valence-electron chi connectivity index (χ2n) is 5.55. The van der Waals surface area contributed by atoms with Crippen LogP contribution in [0.4, 0.5) is 10.2 Å². The average molecular weight is 338 g/mol. The third-order valence-corrected chi connectivity index (χ3v) is 3.89. The van der Waals surface area contributed by atoms with Crippen LogP contribution in [0.25, 0.3) is 11.3 Å². The molecule has 0 aliphatic carbocycles. The van der Waals surface area contributed by atoms with Crippen molar-refractivity contribution in [1.29, 1.82) is 0 Å². The van der Waals surface area contributed by atoms with Gasteiger partial charge >= 0.3 is 0 Å². The highest BCUT2D eigenvalue weighted by atomic mass is 19.1. The number of carbonyl (C=O) groups is 1. The Morgan fingerprint density at radius 2 is 1.92 bits per heavy atom. The minimum Gasteiger partial charge on any atom is -0.306 e. The Morgan fingerprint density at radius 1 is 1.16 bits per heavy atom. The summed E-state index contributed by atoms with van der Waals surface area (Å²) in [6, 6.07) is 13.8. The number of hydrogen-bond donors (Lipinski definition) is 1. The third kappa shape index (κ3) is 3.57. The van der Waals surface area contributed by atoms with Crippen LogP contribution in [0.15, 0.2) is 48.5 Å². The molecule has 0 fully saturated rings. The fraction of sp³-hybridized carbons (Fsp3) is 0.211. The van der Waals surface area contributed by atoms with E-state index in [-0.39, 0.29) is 11.7 Å². The van der Waals surface area contributed by atoms with Crippen LogP contribution < -0.4 is 5.32 Å². The van der Waals surface area contributed by atoms with E-state index in [1.807, 2.05) is 26.0 Å². The molecule has 2 heterocycles. The van der Waals surface area contributed by atoms with Gasteiger partial charge in [-0.2, -0.15) is 9.49 Å². The quantitative estimate of drug-likeness (QED) is 0.717. The van der Waals surface area contributed by atoms with Crippen molar-refractivity contribution in [1.82, 2.24) is 14.8 Å². The van der Waals surface area contributed by atoms with Crippen molar-refractivity contribution >= 4 is 11.7 Å². The molecule has 0 aliphatic rings. The van der Waals surface area contributed by atoms with Crippen molar-refractivity contribution in [3.05, 3.63) is 65.7 Å². The molecule has 25 heavy (non-hydrogen) atoms. The molecular formula is C19H19FN4O.